The summed E-state index contributed by atoms with van der Waals surface area (Å²) in [6.45, 7) is 2.12. The van der Waals surface area contributed by atoms with Gasteiger partial charge in [-0.3, -0.25) is 4.99 Å². The number of rotatable bonds is 6. The van der Waals surface area contributed by atoms with E-state index in [2.05, 4.69) is 10.3 Å². The lowest BCUT2D eigenvalue weighted by Gasteiger charge is -2.11. The summed E-state index contributed by atoms with van der Waals surface area (Å²) in [7, 11) is 1.68. The van der Waals surface area contributed by atoms with E-state index in [0.29, 0.717) is 25.2 Å². The number of ether oxygens (including phenoxy) is 2. The molecule has 0 radical (unpaired) electrons. The van der Waals surface area contributed by atoms with Crippen LogP contribution in [0.1, 0.15) is 24.8 Å². The third kappa shape index (κ3) is 6.19. The van der Waals surface area contributed by atoms with Gasteiger partial charge in [-0.15, -0.1) is 24.0 Å². The molecule has 1 atom stereocenters. The van der Waals surface area contributed by atoms with Crippen molar-refractivity contribution in [1.82, 2.24) is 0 Å². The fourth-order valence-electron chi connectivity index (χ4n) is 2.30. The van der Waals surface area contributed by atoms with Crippen LogP contribution in [0.15, 0.2) is 29.3 Å². The van der Waals surface area contributed by atoms with Crippen LogP contribution in [0.3, 0.4) is 0 Å². The maximum Gasteiger partial charge on any atom is 0.193 e. The van der Waals surface area contributed by atoms with Gasteiger partial charge in [-0.25, -0.2) is 0 Å². The Morgan fingerprint density at radius 3 is 3.00 bits per heavy atom. The molecule has 1 aromatic rings. The monoisotopic (exact) mass is 405 g/mol. The summed E-state index contributed by atoms with van der Waals surface area (Å²) in [5, 5.41) is 3.13. The van der Waals surface area contributed by atoms with Gasteiger partial charge < -0.3 is 20.5 Å². The standard InChI is InChI=1S/C15H23N3O2.HI/c1-19-11-12-5-2-3-7-14(12)18-15(16)17-9-8-13-6-4-10-20-13;/h2-3,5,7,13H,4,6,8-11H2,1H3,(H3,16,17,18);1H. The number of nitrogens with two attached hydrogens (primary N) is 1. The molecule has 0 aliphatic carbocycles. The van der Waals surface area contributed by atoms with Crippen LogP contribution in [-0.4, -0.2) is 32.3 Å². The molecule has 6 heteroatoms. The SMILES string of the molecule is COCc1ccccc1NC(N)=NCCC1CCCO1.I. The van der Waals surface area contributed by atoms with Gasteiger partial charge in [0.2, 0.25) is 0 Å². The van der Waals surface area contributed by atoms with Crippen molar-refractivity contribution in [1.29, 1.82) is 0 Å². The molecule has 5 nitrogen and oxygen atoms in total. The van der Waals surface area contributed by atoms with Gasteiger partial charge in [-0.2, -0.15) is 0 Å². The lowest BCUT2D eigenvalue weighted by Crippen LogP contribution is -2.24. The molecule has 1 aromatic carbocycles. The first kappa shape index (κ1) is 18.2. The van der Waals surface area contributed by atoms with Crippen LogP contribution in [0.5, 0.6) is 0 Å². The molecule has 1 fully saturated rings. The van der Waals surface area contributed by atoms with E-state index in [9.17, 15) is 0 Å². The number of benzene rings is 1. The minimum absolute atomic E-state index is 0. The molecule has 21 heavy (non-hydrogen) atoms. The number of anilines is 1. The molecule has 1 aliphatic rings. The highest BCUT2D eigenvalue weighted by Gasteiger charge is 2.14. The quantitative estimate of drug-likeness (QED) is 0.434. The average molecular weight is 405 g/mol. The molecule has 1 aliphatic heterocycles. The van der Waals surface area contributed by atoms with Gasteiger partial charge in [0.05, 0.1) is 12.7 Å². The Kier molecular flexibility index (Phi) is 8.63. The van der Waals surface area contributed by atoms with Crippen molar-refractivity contribution in [2.75, 3.05) is 25.6 Å². The lowest BCUT2D eigenvalue weighted by atomic mass is 10.2. The summed E-state index contributed by atoms with van der Waals surface area (Å²) in [5.41, 5.74) is 7.91. The summed E-state index contributed by atoms with van der Waals surface area (Å²) in [6, 6.07) is 7.91. The molecular weight excluding hydrogens is 381 g/mol. The van der Waals surface area contributed by atoms with Crippen molar-refractivity contribution in [3.63, 3.8) is 0 Å². The number of para-hydroxylation sites is 1. The van der Waals surface area contributed by atoms with Gasteiger partial charge in [0.1, 0.15) is 0 Å². The minimum atomic E-state index is 0. The molecule has 1 heterocycles. The van der Waals surface area contributed by atoms with Crippen LogP contribution in [0.2, 0.25) is 0 Å². The van der Waals surface area contributed by atoms with Crippen molar-refractivity contribution in [2.24, 2.45) is 10.7 Å². The van der Waals surface area contributed by atoms with E-state index >= 15 is 0 Å². The summed E-state index contributed by atoms with van der Waals surface area (Å²) in [6.07, 6.45) is 3.58. The maximum atomic E-state index is 5.91. The van der Waals surface area contributed by atoms with Gasteiger partial charge >= 0.3 is 0 Å². The fraction of sp³-hybridized carbons (Fsp3) is 0.533. The topological polar surface area (TPSA) is 68.9 Å². The van der Waals surface area contributed by atoms with Crippen LogP contribution in [0.4, 0.5) is 5.69 Å². The molecule has 0 aromatic heterocycles. The van der Waals surface area contributed by atoms with Crippen LogP contribution >= 0.6 is 24.0 Å². The van der Waals surface area contributed by atoms with Gasteiger partial charge in [-0.1, -0.05) is 18.2 Å². The lowest BCUT2D eigenvalue weighted by molar-refractivity contribution is 0.106. The fourth-order valence-corrected chi connectivity index (χ4v) is 2.30. The van der Waals surface area contributed by atoms with Gasteiger partial charge in [0.15, 0.2) is 5.96 Å². The van der Waals surface area contributed by atoms with Crippen molar-refractivity contribution in [2.45, 2.75) is 32.0 Å². The molecular formula is C15H24IN3O2. The highest BCUT2D eigenvalue weighted by atomic mass is 127. The Morgan fingerprint density at radius 2 is 2.29 bits per heavy atom. The number of methoxy groups -OCH3 is 1. The third-order valence-electron chi connectivity index (χ3n) is 3.34. The second-order valence-electron chi connectivity index (χ2n) is 4.91. The first-order valence-corrected chi connectivity index (χ1v) is 7.05. The largest absolute Gasteiger partial charge is 0.380 e. The zero-order valence-electron chi connectivity index (χ0n) is 12.4. The summed E-state index contributed by atoms with van der Waals surface area (Å²) in [4.78, 5) is 4.35. The number of hydrogen-bond donors (Lipinski definition) is 2. The Morgan fingerprint density at radius 1 is 1.48 bits per heavy atom. The molecule has 118 valence electrons. The van der Waals surface area contributed by atoms with Crippen LogP contribution in [0, 0.1) is 0 Å². The van der Waals surface area contributed by atoms with E-state index in [-0.39, 0.29) is 24.0 Å². The van der Waals surface area contributed by atoms with Crippen molar-refractivity contribution in [3.05, 3.63) is 29.8 Å². The van der Waals surface area contributed by atoms with Crippen molar-refractivity contribution < 1.29 is 9.47 Å². The maximum absolute atomic E-state index is 5.91. The Bertz CT molecular complexity index is 448. The number of nitrogens with zero attached hydrogens (tertiary/aromatic N) is 1. The molecule has 0 spiro atoms. The molecule has 0 saturated carbocycles. The number of aliphatic imine (C=N–C) groups is 1. The van der Waals surface area contributed by atoms with Crippen molar-refractivity contribution in [3.8, 4) is 0 Å². The molecule has 1 unspecified atom stereocenters. The predicted octanol–water partition coefficient (Wildman–Crippen LogP) is 2.75. The number of hydrogen-bond acceptors (Lipinski definition) is 3. The molecule has 1 saturated heterocycles. The number of guanidine groups is 1. The van der Waals surface area contributed by atoms with Crippen LogP contribution in [0.25, 0.3) is 0 Å². The normalized spacial score (nSPS) is 18.3. The van der Waals surface area contributed by atoms with Gasteiger partial charge in [0.25, 0.3) is 0 Å². The Labute approximate surface area is 143 Å². The van der Waals surface area contributed by atoms with Gasteiger partial charge in [0, 0.05) is 31.5 Å². The summed E-state index contributed by atoms with van der Waals surface area (Å²) >= 11 is 0. The summed E-state index contributed by atoms with van der Waals surface area (Å²) in [5.74, 6) is 0.437. The molecule has 0 amide bonds. The van der Waals surface area contributed by atoms with E-state index < -0.39 is 0 Å². The third-order valence-corrected chi connectivity index (χ3v) is 3.34. The molecule has 3 N–H and O–H groups in total. The molecule has 0 bridgehead atoms. The Balaban J connectivity index is 0.00000220. The van der Waals surface area contributed by atoms with E-state index in [1.165, 1.54) is 0 Å². The highest BCUT2D eigenvalue weighted by Crippen LogP contribution is 2.16. The number of nitrogens with one attached hydrogen (secondary N) is 1. The van der Waals surface area contributed by atoms with Crippen LogP contribution in [-0.2, 0) is 16.1 Å². The van der Waals surface area contributed by atoms with Crippen LogP contribution < -0.4 is 11.1 Å². The Hall–Kier alpha value is -0.860. The first-order valence-electron chi connectivity index (χ1n) is 7.05. The van der Waals surface area contributed by atoms with Crippen molar-refractivity contribution >= 4 is 35.6 Å². The second-order valence-corrected chi connectivity index (χ2v) is 4.91. The smallest absolute Gasteiger partial charge is 0.193 e. The van der Waals surface area contributed by atoms with Gasteiger partial charge in [-0.05, 0) is 25.3 Å². The molecule has 2 rings (SSSR count). The second kappa shape index (κ2) is 9.97. The first-order chi connectivity index (χ1) is 9.79. The van der Waals surface area contributed by atoms with E-state index in [1.807, 2.05) is 24.3 Å². The zero-order valence-corrected chi connectivity index (χ0v) is 14.7. The highest BCUT2D eigenvalue weighted by molar-refractivity contribution is 14.0. The predicted molar refractivity (Wildman–Crippen MR) is 96.3 cm³/mol. The van der Waals surface area contributed by atoms with E-state index in [1.54, 1.807) is 7.11 Å². The average Bonchev–Trinajstić information content (AvgIpc) is 2.94. The van der Waals surface area contributed by atoms with E-state index in [0.717, 1.165) is 37.1 Å². The minimum Gasteiger partial charge on any atom is -0.380 e. The zero-order chi connectivity index (χ0) is 14.2. The summed E-state index contributed by atoms with van der Waals surface area (Å²) < 4.78 is 10.7. The number of halogens is 1. The van der Waals surface area contributed by atoms with E-state index in [4.69, 9.17) is 15.2 Å².